The van der Waals surface area contributed by atoms with E-state index >= 15 is 0 Å². The molecule has 2 aliphatic heterocycles. The zero-order valence-electron chi connectivity index (χ0n) is 18.5. The summed E-state index contributed by atoms with van der Waals surface area (Å²) in [6.07, 6.45) is 3.66. The van der Waals surface area contributed by atoms with Gasteiger partial charge in [0.25, 0.3) is 0 Å². The number of anilines is 1. The summed E-state index contributed by atoms with van der Waals surface area (Å²) in [5.41, 5.74) is 2.00. The van der Waals surface area contributed by atoms with Crippen LogP contribution in [0.25, 0.3) is 6.08 Å². The minimum Gasteiger partial charge on any atom is -0.351 e. The molecular weight excluding hydrogens is 501 g/mol. The lowest BCUT2D eigenvalue weighted by Crippen LogP contribution is -2.44. The highest BCUT2D eigenvalue weighted by molar-refractivity contribution is 6.35. The van der Waals surface area contributed by atoms with Crippen LogP contribution in [0.15, 0.2) is 66.7 Å². The van der Waals surface area contributed by atoms with Gasteiger partial charge in [-0.05, 0) is 48.4 Å². The Labute approximate surface area is 218 Å². The third kappa shape index (κ3) is 3.62. The predicted octanol–water partition coefficient (Wildman–Crippen LogP) is 7.24. The van der Waals surface area contributed by atoms with Gasteiger partial charge in [0.15, 0.2) is 11.2 Å². The number of nitrogens with zero attached hydrogens (tertiary/aromatic N) is 3. The minimum atomic E-state index is -1.59. The van der Waals surface area contributed by atoms with Gasteiger partial charge in [-0.15, -0.1) is 0 Å². The van der Waals surface area contributed by atoms with E-state index in [0.29, 0.717) is 26.2 Å². The van der Waals surface area contributed by atoms with Gasteiger partial charge in [-0.1, -0.05) is 82.9 Å². The topological polar surface area (TPSA) is 67.9 Å². The minimum absolute atomic E-state index is 0.199. The molecule has 0 N–H and O–H groups in total. The first-order valence-electron chi connectivity index (χ1n) is 10.9. The number of Topliss-reactive ketones (excluding diaryl/α,β-unsaturated/α-hetero) is 1. The van der Waals surface area contributed by atoms with Crippen molar-refractivity contribution in [2.45, 2.75) is 24.9 Å². The van der Waals surface area contributed by atoms with Crippen molar-refractivity contribution < 1.29 is 4.79 Å². The summed E-state index contributed by atoms with van der Waals surface area (Å²) < 4.78 is 0. The first-order chi connectivity index (χ1) is 16.8. The molecule has 0 aromatic heterocycles. The summed E-state index contributed by atoms with van der Waals surface area (Å²) >= 11 is 19.0. The number of carbonyl (C=O) groups excluding carboxylic acids is 1. The molecule has 3 aromatic carbocycles. The Morgan fingerprint density at radius 3 is 2.26 bits per heavy atom. The number of nitriles is 2. The Morgan fingerprint density at radius 1 is 0.943 bits per heavy atom. The van der Waals surface area contributed by atoms with Crippen molar-refractivity contribution in [1.29, 1.82) is 10.5 Å². The number of ketones is 1. The average molecular weight is 519 g/mol. The van der Waals surface area contributed by atoms with Crippen LogP contribution in [0.4, 0.5) is 5.69 Å². The number of rotatable bonds is 3. The number of halogens is 3. The molecule has 2 heterocycles. The zero-order chi connectivity index (χ0) is 24.9. The van der Waals surface area contributed by atoms with Crippen molar-refractivity contribution in [3.8, 4) is 12.1 Å². The van der Waals surface area contributed by atoms with Crippen molar-refractivity contribution in [2.75, 3.05) is 4.90 Å². The van der Waals surface area contributed by atoms with Gasteiger partial charge < -0.3 is 4.90 Å². The van der Waals surface area contributed by atoms with Crippen molar-refractivity contribution in [3.05, 3.63) is 104 Å². The monoisotopic (exact) mass is 517 g/mol. The second kappa shape index (κ2) is 8.74. The van der Waals surface area contributed by atoms with E-state index in [-0.39, 0.29) is 5.78 Å². The zero-order valence-corrected chi connectivity index (χ0v) is 20.8. The Balaban J connectivity index is 1.80. The molecule has 0 amide bonds. The summed E-state index contributed by atoms with van der Waals surface area (Å²) in [7, 11) is 0. The molecule has 7 heteroatoms. The van der Waals surface area contributed by atoms with Crippen molar-refractivity contribution in [2.24, 2.45) is 5.41 Å². The van der Waals surface area contributed by atoms with E-state index in [1.807, 2.05) is 42.2 Å². The van der Waals surface area contributed by atoms with Crippen LogP contribution in [0.3, 0.4) is 0 Å². The maximum absolute atomic E-state index is 14.2. The third-order valence-corrected chi connectivity index (χ3v) is 7.67. The molecule has 1 fully saturated rings. The number of benzene rings is 3. The Bertz CT molecular complexity index is 1450. The summed E-state index contributed by atoms with van der Waals surface area (Å²) in [6, 6.07) is 20.6. The van der Waals surface area contributed by atoms with Crippen LogP contribution < -0.4 is 4.90 Å². The predicted molar refractivity (Wildman–Crippen MR) is 139 cm³/mol. The van der Waals surface area contributed by atoms with Crippen LogP contribution in [0, 0.1) is 35.0 Å². The standard InChI is InChI=1S/C28H18Cl3N3O/c1-16-2-4-17(5-3-16)27(35)26-25(21-9-7-20(30)13-22(21)31)28(14-32,15-33)24-11-6-18-12-19(29)8-10-23(18)34(24)26/h2-13,24-26H,1H3/t24-,25-,26+/m1/s1. The highest BCUT2D eigenvalue weighted by Gasteiger charge is 2.63. The van der Waals surface area contributed by atoms with E-state index in [4.69, 9.17) is 34.8 Å². The molecular formula is C28H18Cl3N3O. The maximum atomic E-state index is 14.2. The Kier molecular flexibility index (Phi) is 5.86. The molecule has 35 heavy (non-hydrogen) atoms. The van der Waals surface area contributed by atoms with E-state index in [1.165, 1.54) is 0 Å². The van der Waals surface area contributed by atoms with Gasteiger partial charge in [0, 0.05) is 32.2 Å². The van der Waals surface area contributed by atoms with Gasteiger partial charge in [-0.25, -0.2) is 0 Å². The average Bonchev–Trinajstić information content (AvgIpc) is 3.14. The second-order valence-corrected chi connectivity index (χ2v) is 10.1. The van der Waals surface area contributed by atoms with Crippen molar-refractivity contribution in [1.82, 2.24) is 0 Å². The number of hydrogen-bond donors (Lipinski definition) is 0. The van der Waals surface area contributed by atoms with Crippen LogP contribution >= 0.6 is 34.8 Å². The fourth-order valence-electron chi connectivity index (χ4n) is 5.25. The summed E-state index contributed by atoms with van der Waals surface area (Å²) in [6.45, 7) is 1.95. The third-order valence-electron chi connectivity index (χ3n) is 6.87. The quantitative estimate of drug-likeness (QED) is 0.343. The van der Waals surface area contributed by atoms with Crippen LogP contribution in [-0.4, -0.2) is 17.9 Å². The van der Waals surface area contributed by atoms with E-state index < -0.39 is 23.4 Å². The summed E-state index contributed by atoms with van der Waals surface area (Å²) in [5.74, 6) is -1.04. The fourth-order valence-corrected chi connectivity index (χ4v) is 5.96. The molecule has 172 valence electrons. The summed E-state index contributed by atoms with van der Waals surface area (Å²) in [4.78, 5) is 16.1. The lowest BCUT2D eigenvalue weighted by molar-refractivity contribution is 0.0951. The number of aryl methyl sites for hydroxylation is 1. The Hall–Kier alpha value is -3.28. The molecule has 0 aliphatic carbocycles. The molecule has 0 unspecified atom stereocenters. The normalized spacial score (nSPS) is 21.5. The van der Waals surface area contributed by atoms with Gasteiger partial charge >= 0.3 is 0 Å². The van der Waals surface area contributed by atoms with Gasteiger partial charge in [-0.3, -0.25) is 4.79 Å². The first-order valence-corrected chi connectivity index (χ1v) is 12.1. The van der Waals surface area contributed by atoms with E-state index in [1.54, 1.807) is 42.5 Å². The van der Waals surface area contributed by atoms with E-state index in [2.05, 4.69) is 12.1 Å². The fraction of sp³-hybridized carbons (Fsp3) is 0.179. The van der Waals surface area contributed by atoms with Crippen LogP contribution in [0.5, 0.6) is 0 Å². The highest BCUT2D eigenvalue weighted by atomic mass is 35.5. The second-order valence-electron chi connectivity index (χ2n) is 8.83. The first kappa shape index (κ1) is 23.5. The van der Waals surface area contributed by atoms with Crippen molar-refractivity contribution in [3.63, 3.8) is 0 Å². The van der Waals surface area contributed by atoms with Gasteiger partial charge in [0.05, 0.1) is 18.2 Å². The van der Waals surface area contributed by atoms with E-state index in [0.717, 1.165) is 16.8 Å². The number of fused-ring (bicyclic) bond motifs is 3. The largest absolute Gasteiger partial charge is 0.351 e. The molecule has 0 bridgehead atoms. The van der Waals surface area contributed by atoms with Crippen LogP contribution in [0.1, 0.15) is 33.0 Å². The molecule has 5 rings (SSSR count). The lowest BCUT2D eigenvalue weighted by atomic mass is 9.69. The Morgan fingerprint density at radius 2 is 1.60 bits per heavy atom. The SMILES string of the molecule is Cc1ccc(C(=O)[C@@H]2[C@@H](c3ccc(Cl)cc3Cl)C(C#N)(C#N)[C@H]3C=Cc4cc(Cl)ccc4N23)cc1. The van der Waals surface area contributed by atoms with Crippen LogP contribution in [-0.2, 0) is 0 Å². The number of carbonyl (C=O) groups is 1. The van der Waals surface area contributed by atoms with Gasteiger partial charge in [0.2, 0.25) is 0 Å². The maximum Gasteiger partial charge on any atom is 0.185 e. The molecule has 0 spiro atoms. The van der Waals surface area contributed by atoms with Gasteiger partial charge in [0.1, 0.15) is 6.04 Å². The van der Waals surface area contributed by atoms with Crippen molar-refractivity contribution >= 4 is 52.3 Å². The molecule has 2 aliphatic rings. The highest BCUT2D eigenvalue weighted by Crippen LogP contribution is 2.56. The smallest absolute Gasteiger partial charge is 0.185 e. The molecule has 0 radical (unpaired) electrons. The number of hydrogen-bond acceptors (Lipinski definition) is 4. The lowest BCUT2D eigenvalue weighted by Gasteiger charge is -2.35. The molecule has 3 atom stereocenters. The van der Waals surface area contributed by atoms with Gasteiger partial charge in [-0.2, -0.15) is 10.5 Å². The molecule has 4 nitrogen and oxygen atoms in total. The molecule has 1 saturated heterocycles. The van der Waals surface area contributed by atoms with Crippen LogP contribution in [0.2, 0.25) is 15.1 Å². The van der Waals surface area contributed by atoms with E-state index in [9.17, 15) is 15.3 Å². The summed E-state index contributed by atoms with van der Waals surface area (Å²) in [5, 5.41) is 22.3. The molecule has 3 aromatic rings. The molecule has 0 saturated carbocycles.